The number of amides is 2. The number of hydrogen-bond acceptors (Lipinski definition) is 4. The molecular formula is C24H28N2O4. The van der Waals surface area contributed by atoms with Crippen molar-refractivity contribution in [3.05, 3.63) is 71.3 Å². The Balaban J connectivity index is 1.72. The van der Waals surface area contributed by atoms with E-state index in [4.69, 9.17) is 9.47 Å². The van der Waals surface area contributed by atoms with Crippen LogP contribution in [0.5, 0.6) is 0 Å². The molecule has 6 nitrogen and oxygen atoms in total. The van der Waals surface area contributed by atoms with E-state index in [9.17, 15) is 9.59 Å². The van der Waals surface area contributed by atoms with E-state index in [1.54, 1.807) is 18.1 Å². The Morgan fingerprint density at radius 3 is 2.67 bits per heavy atom. The summed E-state index contributed by atoms with van der Waals surface area (Å²) in [6.45, 7) is 2.06. The van der Waals surface area contributed by atoms with Gasteiger partial charge < -0.3 is 19.7 Å². The number of rotatable bonds is 7. The molecule has 0 saturated carbocycles. The number of nitrogens with one attached hydrogen (secondary N) is 1. The van der Waals surface area contributed by atoms with Crippen LogP contribution in [0.25, 0.3) is 0 Å². The van der Waals surface area contributed by atoms with Crippen LogP contribution in [0.15, 0.2) is 54.6 Å². The number of methoxy groups -OCH3 is 1. The second-order valence-corrected chi connectivity index (χ2v) is 7.79. The number of carbonyl (C=O) groups is 2. The van der Waals surface area contributed by atoms with Crippen LogP contribution in [0.2, 0.25) is 0 Å². The zero-order valence-electron chi connectivity index (χ0n) is 17.3. The highest BCUT2D eigenvalue weighted by Crippen LogP contribution is 2.42. The third-order valence-electron chi connectivity index (χ3n) is 5.93. The van der Waals surface area contributed by atoms with Crippen molar-refractivity contribution in [3.63, 3.8) is 0 Å². The molecule has 2 amide bonds. The van der Waals surface area contributed by atoms with Gasteiger partial charge in [-0.2, -0.15) is 0 Å². The van der Waals surface area contributed by atoms with Crippen molar-refractivity contribution in [1.29, 1.82) is 0 Å². The standard InChI is InChI=1S/C24H28N2O4/c1-29-15-13-26-22(17-8-3-2-4-9-17)21(19-11-5-6-12-20(19)24(26)28)23(27)25-16-18-10-7-14-30-18/h2-6,8-9,11-12,18,21-22H,7,10,13-16H2,1H3,(H,25,27). The van der Waals surface area contributed by atoms with Crippen LogP contribution in [0.3, 0.4) is 0 Å². The van der Waals surface area contributed by atoms with Gasteiger partial charge in [0.15, 0.2) is 0 Å². The molecule has 3 unspecified atom stereocenters. The quantitative estimate of drug-likeness (QED) is 0.765. The van der Waals surface area contributed by atoms with Gasteiger partial charge in [-0.05, 0) is 30.0 Å². The molecule has 1 N–H and O–H groups in total. The fourth-order valence-electron chi connectivity index (χ4n) is 4.46. The highest BCUT2D eigenvalue weighted by Gasteiger charge is 2.43. The van der Waals surface area contributed by atoms with Crippen LogP contribution >= 0.6 is 0 Å². The number of nitrogens with zero attached hydrogens (tertiary/aromatic N) is 1. The summed E-state index contributed by atoms with van der Waals surface area (Å²) in [6, 6.07) is 16.8. The lowest BCUT2D eigenvalue weighted by Gasteiger charge is -2.41. The van der Waals surface area contributed by atoms with E-state index in [0.717, 1.165) is 30.6 Å². The van der Waals surface area contributed by atoms with Crippen LogP contribution in [0.1, 0.15) is 46.3 Å². The van der Waals surface area contributed by atoms with Crippen LogP contribution < -0.4 is 5.32 Å². The summed E-state index contributed by atoms with van der Waals surface area (Å²) < 4.78 is 10.9. The molecule has 6 heteroatoms. The van der Waals surface area contributed by atoms with E-state index < -0.39 is 12.0 Å². The first kappa shape index (κ1) is 20.6. The topological polar surface area (TPSA) is 67.9 Å². The molecule has 30 heavy (non-hydrogen) atoms. The van der Waals surface area contributed by atoms with Gasteiger partial charge in [0.05, 0.1) is 24.7 Å². The zero-order valence-corrected chi connectivity index (χ0v) is 17.3. The van der Waals surface area contributed by atoms with Gasteiger partial charge in [-0.15, -0.1) is 0 Å². The van der Waals surface area contributed by atoms with Gasteiger partial charge >= 0.3 is 0 Å². The summed E-state index contributed by atoms with van der Waals surface area (Å²) in [5.41, 5.74) is 2.29. The highest BCUT2D eigenvalue weighted by molar-refractivity contribution is 6.01. The molecule has 2 aliphatic heterocycles. The Kier molecular flexibility index (Phi) is 6.45. The SMILES string of the molecule is COCCN1C(=O)c2ccccc2C(C(=O)NCC2CCCO2)C1c1ccccc1. The maximum absolute atomic E-state index is 13.5. The number of benzene rings is 2. The molecule has 2 aromatic carbocycles. The van der Waals surface area contributed by atoms with E-state index in [2.05, 4.69) is 5.32 Å². The van der Waals surface area contributed by atoms with E-state index in [-0.39, 0.29) is 17.9 Å². The summed E-state index contributed by atoms with van der Waals surface area (Å²) >= 11 is 0. The van der Waals surface area contributed by atoms with Crippen molar-refractivity contribution in [2.75, 3.05) is 33.4 Å². The van der Waals surface area contributed by atoms with Gasteiger partial charge in [-0.3, -0.25) is 9.59 Å². The van der Waals surface area contributed by atoms with Gasteiger partial charge in [0.2, 0.25) is 5.91 Å². The highest BCUT2D eigenvalue weighted by atomic mass is 16.5. The monoisotopic (exact) mass is 408 g/mol. The van der Waals surface area contributed by atoms with E-state index in [1.165, 1.54) is 0 Å². The number of carbonyl (C=O) groups excluding carboxylic acids is 2. The van der Waals surface area contributed by atoms with E-state index in [0.29, 0.717) is 25.3 Å². The second-order valence-electron chi connectivity index (χ2n) is 7.79. The van der Waals surface area contributed by atoms with Crippen molar-refractivity contribution >= 4 is 11.8 Å². The predicted octanol–water partition coefficient (Wildman–Crippen LogP) is 2.91. The Hall–Kier alpha value is -2.70. The minimum atomic E-state index is -0.500. The molecule has 0 aromatic heterocycles. The molecule has 2 aliphatic rings. The maximum atomic E-state index is 13.5. The summed E-state index contributed by atoms with van der Waals surface area (Å²) in [6.07, 6.45) is 2.05. The zero-order chi connectivity index (χ0) is 20.9. The number of hydrogen-bond donors (Lipinski definition) is 1. The molecule has 0 spiro atoms. The van der Waals surface area contributed by atoms with Crippen LogP contribution in [0, 0.1) is 0 Å². The molecule has 158 valence electrons. The third-order valence-corrected chi connectivity index (χ3v) is 5.93. The number of ether oxygens (including phenoxy) is 2. The van der Waals surface area contributed by atoms with Crippen LogP contribution in [-0.4, -0.2) is 56.2 Å². The fraction of sp³-hybridized carbons (Fsp3) is 0.417. The van der Waals surface area contributed by atoms with Gasteiger partial charge in [0, 0.05) is 32.4 Å². The van der Waals surface area contributed by atoms with Crippen molar-refractivity contribution in [2.24, 2.45) is 0 Å². The maximum Gasteiger partial charge on any atom is 0.254 e. The van der Waals surface area contributed by atoms with Gasteiger partial charge in [-0.1, -0.05) is 48.5 Å². The van der Waals surface area contributed by atoms with Crippen molar-refractivity contribution in [1.82, 2.24) is 10.2 Å². The smallest absolute Gasteiger partial charge is 0.254 e. The lowest BCUT2D eigenvalue weighted by Crippen LogP contribution is -2.49. The average molecular weight is 408 g/mol. The van der Waals surface area contributed by atoms with Crippen molar-refractivity contribution in [2.45, 2.75) is 30.9 Å². The summed E-state index contributed by atoms with van der Waals surface area (Å²) in [4.78, 5) is 28.6. The molecule has 1 fully saturated rings. The summed E-state index contributed by atoms with van der Waals surface area (Å²) in [7, 11) is 1.62. The normalized spacial score (nSPS) is 23.3. The lowest BCUT2D eigenvalue weighted by atomic mass is 9.79. The Bertz CT molecular complexity index is 880. The molecule has 0 radical (unpaired) electrons. The Morgan fingerprint density at radius 2 is 1.93 bits per heavy atom. The van der Waals surface area contributed by atoms with Crippen molar-refractivity contribution in [3.8, 4) is 0 Å². The summed E-state index contributed by atoms with van der Waals surface area (Å²) in [5.74, 6) is -0.652. The minimum absolute atomic E-state index is 0.0641. The van der Waals surface area contributed by atoms with Gasteiger partial charge in [-0.25, -0.2) is 0 Å². The molecule has 1 saturated heterocycles. The van der Waals surface area contributed by atoms with Crippen LogP contribution in [0.4, 0.5) is 0 Å². The first-order valence-electron chi connectivity index (χ1n) is 10.5. The molecule has 2 heterocycles. The van der Waals surface area contributed by atoms with E-state index >= 15 is 0 Å². The van der Waals surface area contributed by atoms with Crippen LogP contribution in [-0.2, 0) is 14.3 Å². The third kappa shape index (κ3) is 4.11. The number of fused-ring (bicyclic) bond motifs is 1. The minimum Gasteiger partial charge on any atom is -0.383 e. The average Bonchev–Trinajstić information content (AvgIpc) is 3.31. The molecule has 0 bridgehead atoms. The molecule has 0 aliphatic carbocycles. The molecule has 2 aromatic rings. The second kappa shape index (κ2) is 9.41. The van der Waals surface area contributed by atoms with E-state index in [1.807, 2.05) is 48.5 Å². The summed E-state index contributed by atoms with van der Waals surface area (Å²) in [5, 5.41) is 3.09. The molecule has 4 rings (SSSR count). The molecule has 3 atom stereocenters. The Morgan fingerprint density at radius 1 is 1.17 bits per heavy atom. The van der Waals surface area contributed by atoms with Gasteiger partial charge in [0.25, 0.3) is 5.91 Å². The molecular weight excluding hydrogens is 380 g/mol. The van der Waals surface area contributed by atoms with Crippen molar-refractivity contribution < 1.29 is 19.1 Å². The van der Waals surface area contributed by atoms with Gasteiger partial charge in [0.1, 0.15) is 0 Å². The predicted molar refractivity (Wildman–Crippen MR) is 113 cm³/mol. The first-order chi connectivity index (χ1) is 14.7. The largest absolute Gasteiger partial charge is 0.383 e. The Labute approximate surface area is 177 Å². The fourth-order valence-corrected chi connectivity index (χ4v) is 4.46. The first-order valence-corrected chi connectivity index (χ1v) is 10.5. The lowest BCUT2D eigenvalue weighted by molar-refractivity contribution is -0.124.